The molecule has 0 spiro atoms. The van der Waals surface area contributed by atoms with Crippen molar-refractivity contribution in [1.29, 1.82) is 0 Å². The molecule has 0 unspecified atom stereocenters. The number of carbonyl (C=O) groups is 1. The summed E-state index contributed by atoms with van der Waals surface area (Å²) in [6, 6.07) is 12.7. The van der Waals surface area contributed by atoms with Crippen LogP contribution in [-0.2, 0) is 6.54 Å². The Kier molecular flexibility index (Phi) is 5.12. The normalized spacial score (nSPS) is 10.4. The number of aryl methyl sites for hydroxylation is 2. The van der Waals surface area contributed by atoms with Crippen LogP contribution in [0.2, 0.25) is 0 Å². The third kappa shape index (κ3) is 4.36. The number of benzene rings is 1. The van der Waals surface area contributed by atoms with Gasteiger partial charge in [-0.25, -0.2) is 4.98 Å². The van der Waals surface area contributed by atoms with Crippen LogP contribution in [0.15, 0.2) is 61.1 Å². The quantitative estimate of drug-likeness (QED) is 0.567. The molecule has 1 N–H and O–H groups in total. The molecule has 1 amide bonds. The molecule has 26 heavy (non-hydrogen) atoms. The van der Waals surface area contributed by atoms with Gasteiger partial charge < -0.3 is 15.3 Å². The fourth-order valence-electron chi connectivity index (χ4n) is 2.38. The molecular weight excluding hydrogens is 330 g/mol. The number of nitrogens with one attached hydrogen (secondary N) is 1. The van der Waals surface area contributed by atoms with Crippen LogP contribution in [0.1, 0.15) is 27.0 Å². The van der Waals surface area contributed by atoms with Gasteiger partial charge in [0.2, 0.25) is 5.88 Å². The molecule has 0 atom stereocenters. The molecule has 0 radical (unpaired) electrons. The van der Waals surface area contributed by atoms with E-state index in [4.69, 9.17) is 4.74 Å². The molecule has 6 heteroatoms. The van der Waals surface area contributed by atoms with Gasteiger partial charge in [-0.05, 0) is 42.7 Å². The topological polar surface area (TPSA) is 78.2 Å². The average Bonchev–Trinajstić information content (AvgIpc) is 2.64. The van der Waals surface area contributed by atoms with Crippen molar-refractivity contribution >= 4 is 5.91 Å². The molecule has 0 fully saturated rings. The highest BCUT2D eigenvalue weighted by Gasteiger charge is 2.09. The Hall–Kier alpha value is -3.41. The third-order valence-electron chi connectivity index (χ3n) is 3.85. The SMILES string of the molecule is Cc1ccc(C)c(Oc2ccc(CNC(=O)c3ccc[n+]([O-])c3)cn2)c1. The molecule has 3 rings (SSSR count). The summed E-state index contributed by atoms with van der Waals surface area (Å²) in [5.74, 6) is 0.948. The van der Waals surface area contributed by atoms with Crippen LogP contribution in [-0.4, -0.2) is 10.9 Å². The van der Waals surface area contributed by atoms with Crippen molar-refractivity contribution in [3.05, 3.63) is 88.5 Å². The molecule has 3 aromatic rings. The number of amides is 1. The predicted octanol–water partition coefficient (Wildman–Crippen LogP) is 3.05. The minimum Gasteiger partial charge on any atom is -0.619 e. The van der Waals surface area contributed by atoms with Gasteiger partial charge in [0.25, 0.3) is 5.91 Å². The van der Waals surface area contributed by atoms with Crippen LogP contribution < -0.4 is 14.8 Å². The molecule has 6 nitrogen and oxygen atoms in total. The average molecular weight is 349 g/mol. The van der Waals surface area contributed by atoms with Crippen LogP contribution in [0.3, 0.4) is 0 Å². The number of ether oxygens (including phenoxy) is 1. The zero-order valence-electron chi connectivity index (χ0n) is 14.6. The lowest BCUT2D eigenvalue weighted by molar-refractivity contribution is -0.605. The van der Waals surface area contributed by atoms with E-state index in [1.54, 1.807) is 18.3 Å². The number of hydrogen-bond acceptors (Lipinski definition) is 4. The Morgan fingerprint density at radius 3 is 2.81 bits per heavy atom. The summed E-state index contributed by atoms with van der Waals surface area (Å²) in [7, 11) is 0. The lowest BCUT2D eigenvalue weighted by atomic mass is 10.1. The summed E-state index contributed by atoms with van der Waals surface area (Å²) < 4.78 is 6.41. The number of aromatic nitrogens is 2. The van der Waals surface area contributed by atoms with Gasteiger partial charge in [-0.15, -0.1) is 0 Å². The van der Waals surface area contributed by atoms with Crippen molar-refractivity contribution in [3.8, 4) is 11.6 Å². The summed E-state index contributed by atoms with van der Waals surface area (Å²) in [4.78, 5) is 16.3. The fraction of sp³-hybridized carbons (Fsp3) is 0.150. The summed E-state index contributed by atoms with van der Waals surface area (Å²) in [6.07, 6.45) is 4.21. The Bertz CT molecular complexity index is 924. The summed E-state index contributed by atoms with van der Waals surface area (Å²) in [5, 5.41) is 14.0. The van der Waals surface area contributed by atoms with Gasteiger partial charge in [0.15, 0.2) is 12.4 Å². The van der Waals surface area contributed by atoms with E-state index in [0.717, 1.165) is 22.4 Å². The van der Waals surface area contributed by atoms with E-state index < -0.39 is 0 Å². The summed E-state index contributed by atoms with van der Waals surface area (Å²) in [5.41, 5.74) is 3.29. The monoisotopic (exact) mass is 349 g/mol. The number of nitrogens with zero attached hydrogens (tertiary/aromatic N) is 2. The van der Waals surface area contributed by atoms with E-state index in [1.165, 1.54) is 18.5 Å². The molecule has 132 valence electrons. The minimum absolute atomic E-state index is 0.309. The first kappa shape index (κ1) is 17.4. The highest BCUT2D eigenvalue weighted by Crippen LogP contribution is 2.24. The van der Waals surface area contributed by atoms with Gasteiger partial charge in [0.1, 0.15) is 11.3 Å². The number of carbonyl (C=O) groups excluding carboxylic acids is 1. The van der Waals surface area contributed by atoms with Crippen LogP contribution in [0, 0.1) is 19.1 Å². The second kappa shape index (κ2) is 7.65. The van der Waals surface area contributed by atoms with E-state index >= 15 is 0 Å². The standard InChI is InChI=1S/C20H19N3O3/c1-14-5-6-15(2)18(10-14)26-19-8-7-16(11-21-19)12-22-20(24)17-4-3-9-23(25)13-17/h3-11,13H,12H2,1-2H3,(H,22,24). The zero-order valence-corrected chi connectivity index (χ0v) is 14.6. The first-order valence-corrected chi connectivity index (χ1v) is 8.18. The molecule has 0 bridgehead atoms. The van der Waals surface area contributed by atoms with Crippen molar-refractivity contribution in [1.82, 2.24) is 10.3 Å². The van der Waals surface area contributed by atoms with E-state index in [-0.39, 0.29) is 5.91 Å². The molecule has 0 aliphatic rings. The fourth-order valence-corrected chi connectivity index (χ4v) is 2.38. The smallest absolute Gasteiger partial charge is 0.257 e. The van der Waals surface area contributed by atoms with Gasteiger partial charge in [-0.2, -0.15) is 4.73 Å². The van der Waals surface area contributed by atoms with Gasteiger partial charge in [-0.1, -0.05) is 18.2 Å². The second-order valence-electron chi connectivity index (χ2n) is 6.01. The number of hydrogen-bond donors (Lipinski definition) is 1. The lowest BCUT2D eigenvalue weighted by Crippen LogP contribution is -2.29. The number of rotatable bonds is 5. The molecular formula is C20H19N3O3. The van der Waals surface area contributed by atoms with Gasteiger partial charge >= 0.3 is 0 Å². The third-order valence-corrected chi connectivity index (χ3v) is 3.85. The van der Waals surface area contributed by atoms with Crippen molar-refractivity contribution in [3.63, 3.8) is 0 Å². The van der Waals surface area contributed by atoms with Crippen LogP contribution in [0.4, 0.5) is 0 Å². The first-order valence-electron chi connectivity index (χ1n) is 8.18. The molecule has 0 saturated heterocycles. The van der Waals surface area contributed by atoms with Crippen molar-refractivity contribution in [2.24, 2.45) is 0 Å². The first-order chi connectivity index (χ1) is 12.5. The van der Waals surface area contributed by atoms with Crippen molar-refractivity contribution in [2.75, 3.05) is 0 Å². The largest absolute Gasteiger partial charge is 0.619 e. The van der Waals surface area contributed by atoms with Crippen LogP contribution >= 0.6 is 0 Å². The maximum absolute atomic E-state index is 12.0. The second-order valence-corrected chi connectivity index (χ2v) is 6.01. The van der Waals surface area contributed by atoms with Gasteiger partial charge in [-0.3, -0.25) is 4.79 Å². The van der Waals surface area contributed by atoms with Crippen LogP contribution in [0.25, 0.3) is 0 Å². The predicted molar refractivity (Wildman–Crippen MR) is 96.8 cm³/mol. The van der Waals surface area contributed by atoms with Gasteiger partial charge in [0, 0.05) is 24.9 Å². The molecule has 0 aliphatic heterocycles. The minimum atomic E-state index is -0.314. The van der Waals surface area contributed by atoms with E-state index in [0.29, 0.717) is 22.7 Å². The maximum atomic E-state index is 12.0. The zero-order chi connectivity index (χ0) is 18.5. The Morgan fingerprint density at radius 1 is 1.23 bits per heavy atom. The van der Waals surface area contributed by atoms with Crippen molar-refractivity contribution in [2.45, 2.75) is 20.4 Å². The molecule has 0 aliphatic carbocycles. The summed E-state index contributed by atoms with van der Waals surface area (Å²) in [6.45, 7) is 4.30. The Labute approximate surface area is 151 Å². The van der Waals surface area contributed by atoms with Crippen molar-refractivity contribution < 1.29 is 14.3 Å². The van der Waals surface area contributed by atoms with Gasteiger partial charge in [0.05, 0.1) is 0 Å². The molecule has 2 aromatic heterocycles. The molecule has 0 saturated carbocycles. The highest BCUT2D eigenvalue weighted by atomic mass is 16.5. The maximum Gasteiger partial charge on any atom is 0.257 e. The number of pyridine rings is 2. The highest BCUT2D eigenvalue weighted by molar-refractivity contribution is 5.93. The lowest BCUT2D eigenvalue weighted by Gasteiger charge is -2.09. The molecule has 1 aromatic carbocycles. The Balaban J connectivity index is 1.61. The van der Waals surface area contributed by atoms with E-state index in [9.17, 15) is 10.0 Å². The summed E-state index contributed by atoms with van der Waals surface area (Å²) >= 11 is 0. The van der Waals surface area contributed by atoms with E-state index in [2.05, 4.69) is 10.3 Å². The van der Waals surface area contributed by atoms with E-state index in [1.807, 2.05) is 38.1 Å². The molecule has 2 heterocycles. The van der Waals surface area contributed by atoms with Crippen LogP contribution in [0.5, 0.6) is 11.6 Å². The Morgan fingerprint density at radius 2 is 2.08 bits per heavy atom.